The molecule has 0 aromatic carbocycles. The molecule has 0 unspecified atom stereocenters. The van der Waals surface area contributed by atoms with Crippen molar-refractivity contribution in [3.8, 4) is 0 Å². The van der Waals surface area contributed by atoms with Gasteiger partial charge in [0.15, 0.2) is 0 Å². The molecule has 0 amide bonds. The number of hydrogen-bond donors (Lipinski definition) is 0. The zero-order valence-electron chi connectivity index (χ0n) is 3.53. The van der Waals surface area contributed by atoms with Crippen LogP contribution in [0.2, 0.25) is 0 Å². The van der Waals surface area contributed by atoms with Crippen molar-refractivity contribution in [1.82, 2.24) is 0 Å². The molecule has 0 aliphatic carbocycles. The van der Waals surface area contributed by atoms with Gasteiger partial charge in [-0.1, -0.05) is 0 Å². The van der Waals surface area contributed by atoms with E-state index >= 15 is 0 Å². The maximum absolute atomic E-state index is 9.25. The summed E-state index contributed by atoms with van der Waals surface area (Å²) in [5.41, 5.74) is 0. The van der Waals surface area contributed by atoms with E-state index in [1.807, 2.05) is 0 Å². The van der Waals surface area contributed by atoms with Gasteiger partial charge in [-0.2, -0.15) is 0 Å². The van der Waals surface area contributed by atoms with Crippen LogP contribution in [0.1, 0.15) is 0 Å². The van der Waals surface area contributed by atoms with Gasteiger partial charge >= 0.3 is 22.4 Å². The van der Waals surface area contributed by atoms with Gasteiger partial charge < -0.3 is 18.8 Å². The quantitative estimate of drug-likeness (QED) is 0.343. The number of phosphoric acid groups is 1. The monoisotopic (exact) mass is 201 g/mol. The van der Waals surface area contributed by atoms with E-state index in [0.717, 1.165) is 8.05 Å². The van der Waals surface area contributed by atoms with Crippen molar-refractivity contribution in [3.05, 3.63) is 0 Å². The average Bonchev–Trinajstić information content (AvgIpc) is 1.35. The Hall–Kier alpha value is 0.915. The molecule has 39 valence electrons. The predicted molar refractivity (Wildman–Crippen MR) is 17.2 cm³/mol. The molecule has 0 N–H and O–H groups in total. The van der Waals surface area contributed by atoms with Crippen LogP contribution in [0, 0.1) is 0 Å². The van der Waals surface area contributed by atoms with Crippen molar-refractivity contribution in [2.24, 2.45) is 0 Å². The van der Waals surface area contributed by atoms with Crippen molar-refractivity contribution < 1.29 is 41.2 Å². The molecule has 7 heteroatoms. The van der Waals surface area contributed by atoms with Crippen molar-refractivity contribution in [2.75, 3.05) is 0 Å². The molecule has 0 saturated carbocycles. The first-order chi connectivity index (χ1) is 2.56. The van der Waals surface area contributed by atoms with Crippen molar-refractivity contribution >= 4 is 15.9 Å². The molecule has 0 bridgehead atoms. The Balaban J connectivity index is 0. The van der Waals surface area contributed by atoms with Crippen LogP contribution in [-0.2, 0) is 31.4 Å². The van der Waals surface area contributed by atoms with Crippen molar-refractivity contribution in [2.45, 2.75) is 0 Å². The number of rotatable bonds is 1. The molecule has 0 rings (SSSR count). The SMILES string of the molecule is BOP(=O)([O-])[O-].[Nb+2]. The van der Waals surface area contributed by atoms with Crippen LogP contribution in [0.3, 0.4) is 0 Å². The molecule has 0 aliphatic rings. The summed E-state index contributed by atoms with van der Waals surface area (Å²) in [5, 5.41) is 0. The summed E-state index contributed by atoms with van der Waals surface area (Å²) in [6, 6.07) is 0. The van der Waals surface area contributed by atoms with E-state index in [1.165, 1.54) is 0 Å². The van der Waals surface area contributed by atoms with Crippen LogP contribution < -0.4 is 9.79 Å². The molecule has 0 heterocycles. The Bertz CT molecular complexity index is 75.8. The van der Waals surface area contributed by atoms with Gasteiger partial charge in [0.05, 0.1) is 0 Å². The molecule has 0 saturated heterocycles. The zero-order chi connectivity index (χ0) is 5.21. The fraction of sp³-hybridized carbons (Fsp3) is 0. The summed E-state index contributed by atoms with van der Waals surface area (Å²) in [7, 11) is -3.83. The van der Waals surface area contributed by atoms with Gasteiger partial charge in [0.25, 0.3) is 8.05 Å². The second-order valence-electron chi connectivity index (χ2n) is 0.630. The molecule has 0 atom stereocenters. The normalized spacial score (nSPS) is 10.0. The van der Waals surface area contributed by atoms with Gasteiger partial charge in [0.1, 0.15) is 0 Å². The first-order valence-electron chi connectivity index (χ1n) is 1.14. The Morgan fingerprint density at radius 3 is 1.71 bits per heavy atom. The summed E-state index contributed by atoms with van der Waals surface area (Å²) in [5.74, 6) is 0. The summed E-state index contributed by atoms with van der Waals surface area (Å²) >= 11 is 0. The minimum atomic E-state index is -4.65. The standard InChI is InChI=1S/BH4O4P.Nb/c1-5-6(2,3)4;/h1H2,(H2,2,3,4);/q;+2/p-2. The van der Waals surface area contributed by atoms with Crippen LogP contribution in [0.15, 0.2) is 0 Å². The van der Waals surface area contributed by atoms with Gasteiger partial charge in [0, 0.05) is 7.82 Å². The summed E-state index contributed by atoms with van der Waals surface area (Å²) in [6.07, 6.45) is 0. The topological polar surface area (TPSA) is 72.4 Å². The third-order valence-electron chi connectivity index (χ3n) is 0.224. The maximum Gasteiger partial charge on any atom is 2.00 e. The largest absolute Gasteiger partial charge is 2.00 e. The van der Waals surface area contributed by atoms with Crippen LogP contribution >= 0.6 is 7.82 Å². The van der Waals surface area contributed by atoms with Crippen LogP contribution in [0.5, 0.6) is 0 Å². The second-order valence-corrected chi connectivity index (χ2v) is 1.89. The molecule has 0 aliphatic heterocycles. The average molecular weight is 201 g/mol. The van der Waals surface area contributed by atoms with Crippen LogP contribution in [0.25, 0.3) is 0 Å². The first kappa shape index (κ1) is 10.8. The van der Waals surface area contributed by atoms with E-state index in [0.29, 0.717) is 0 Å². The predicted octanol–water partition coefficient (Wildman–Crippen LogP) is -2.62. The fourth-order valence-corrected chi connectivity index (χ4v) is 0. The summed E-state index contributed by atoms with van der Waals surface area (Å²) < 4.78 is 12.6. The molecular formula is H2BNbO4P. The van der Waals surface area contributed by atoms with E-state index in [9.17, 15) is 14.4 Å². The van der Waals surface area contributed by atoms with Gasteiger partial charge in [-0.15, -0.1) is 0 Å². The van der Waals surface area contributed by atoms with E-state index in [4.69, 9.17) is 0 Å². The Morgan fingerprint density at radius 2 is 1.71 bits per heavy atom. The Labute approximate surface area is 57.4 Å². The molecule has 0 spiro atoms. The third-order valence-corrected chi connectivity index (χ3v) is 0.671. The van der Waals surface area contributed by atoms with Crippen molar-refractivity contribution in [3.63, 3.8) is 0 Å². The van der Waals surface area contributed by atoms with Crippen LogP contribution in [0.4, 0.5) is 0 Å². The van der Waals surface area contributed by atoms with E-state index in [1.54, 1.807) is 0 Å². The Kier molecular flexibility index (Phi) is 5.97. The third kappa shape index (κ3) is 10.9. The van der Waals surface area contributed by atoms with Gasteiger partial charge in [-0.05, 0) is 0 Å². The summed E-state index contributed by atoms with van der Waals surface area (Å²) in [4.78, 5) is 18.5. The van der Waals surface area contributed by atoms with E-state index in [2.05, 4.69) is 4.44 Å². The second kappa shape index (κ2) is 3.86. The minimum Gasteiger partial charge on any atom is -0.791 e. The Morgan fingerprint density at radius 1 is 1.57 bits per heavy atom. The first-order valence-corrected chi connectivity index (χ1v) is 2.60. The maximum atomic E-state index is 9.25. The van der Waals surface area contributed by atoms with Gasteiger partial charge in [-0.3, -0.25) is 0 Å². The molecule has 7 heavy (non-hydrogen) atoms. The van der Waals surface area contributed by atoms with Gasteiger partial charge in [-0.25, -0.2) is 0 Å². The number of hydrogen-bond acceptors (Lipinski definition) is 4. The van der Waals surface area contributed by atoms with Crippen LogP contribution in [-0.4, -0.2) is 8.05 Å². The molecule has 0 aromatic heterocycles. The fourth-order valence-electron chi connectivity index (χ4n) is 0. The van der Waals surface area contributed by atoms with Gasteiger partial charge in [0.2, 0.25) is 0 Å². The molecule has 0 fully saturated rings. The minimum absolute atomic E-state index is 0. The van der Waals surface area contributed by atoms with E-state index in [-0.39, 0.29) is 22.4 Å². The molecule has 0 aromatic rings. The van der Waals surface area contributed by atoms with Crippen molar-refractivity contribution in [1.29, 1.82) is 0 Å². The van der Waals surface area contributed by atoms with E-state index < -0.39 is 7.82 Å². The molecular weight excluding hydrogens is 199 g/mol. The summed E-state index contributed by atoms with van der Waals surface area (Å²) in [6.45, 7) is 0. The molecule has 4 nitrogen and oxygen atoms in total. The smallest absolute Gasteiger partial charge is 0.791 e. The zero-order valence-corrected chi connectivity index (χ0v) is 6.62. The molecule has 1 radical (unpaired) electrons.